The van der Waals surface area contributed by atoms with Crippen molar-refractivity contribution < 1.29 is 4.79 Å². The van der Waals surface area contributed by atoms with Gasteiger partial charge in [-0.3, -0.25) is 4.79 Å². The number of pyridine rings is 1. The van der Waals surface area contributed by atoms with E-state index in [2.05, 4.69) is 22.5 Å². The van der Waals surface area contributed by atoms with Gasteiger partial charge in [-0.1, -0.05) is 17.7 Å². The highest BCUT2D eigenvalue weighted by atomic mass is 35.5. The van der Waals surface area contributed by atoms with Crippen molar-refractivity contribution in [3.05, 3.63) is 52.7 Å². The van der Waals surface area contributed by atoms with Crippen molar-refractivity contribution in [1.82, 2.24) is 4.98 Å². The van der Waals surface area contributed by atoms with E-state index in [1.54, 1.807) is 19.1 Å². The van der Waals surface area contributed by atoms with Crippen LogP contribution < -0.4 is 10.6 Å². The Morgan fingerprint density at radius 1 is 1.19 bits per heavy atom. The van der Waals surface area contributed by atoms with E-state index in [0.717, 1.165) is 5.69 Å². The predicted molar refractivity (Wildman–Crippen MR) is 86.9 cm³/mol. The fourth-order valence-corrected chi connectivity index (χ4v) is 1.94. The van der Waals surface area contributed by atoms with Gasteiger partial charge in [-0.15, -0.1) is 0 Å². The zero-order valence-electron chi connectivity index (χ0n) is 12.3. The summed E-state index contributed by atoms with van der Waals surface area (Å²) in [5.41, 5.74) is 3.33. The van der Waals surface area contributed by atoms with Crippen molar-refractivity contribution in [3.63, 3.8) is 0 Å². The van der Waals surface area contributed by atoms with E-state index in [4.69, 9.17) is 11.6 Å². The second kappa shape index (κ2) is 6.59. The molecule has 2 rings (SSSR count). The maximum atomic E-state index is 12.1. The molecule has 1 aromatic heterocycles. The molecule has 0 aliphatic carbocycles. The molecule has 0 saturated carbocycles. The highest BCUT2D eigenvalue weighted by Crippen LogP contribution is 2.15. The van der Waals surface area contributed by atoms with E-state index in [0.29, 0.717) is 10.8 Å². The third-order valence-electron chi connectivity index (χ3n) is 3.26. The molecule has 1 heterocycles. The lowest BCUT2D eigenvalue weighted by Crippen LogP contribution is -2.32. The van der Waals surface area contributed by atoms with E-state index in [1.165, 1.54) is 17.3 Å². The normalized spacial score (nSPS) is 11.8. The number of nitrogens with one attached hydrogen (secondary N) is 2. The van der Waals surface area contributed by atoms with Crippen molar-refractivity contribution in [2.75, 3.05) is 10.6 Å². The Balaban J connectivity index is 1.98. The van der Waals surface area contributed by atoms with Gasteiger partial charge in [-0.2, -0.15) is 0 Å². The van der Waals surface area contributed by atoms with Crippen LogP contribution in [-0.4, -0.2) is 16.9 Å². The first-order valence-electron chi connectivity index (χ1n) is 6.72. The minimum Gasteiger partial charge on any atom is -0.374 e. The van der Waals surface area contributed by atoms with E-state index < -0.39 is 0 Å². The van der Waals surface area contributed by atoms with Gasteiger partial charge < -0.3 is 10.6 Å². The molecule has 5 heteroatoms. The number of anilines is 2. The number of carbonyl (C=O) groups is 1. The van der Waals surface area contributed by atoms with Crippen molar-refractivity contribution in [1.29, 1.82) is 0 Å². The molecule has 0 saturated heterocycles. The zero-order valence-corrected chi connectivity index (χ0v) is 13.0. The Hall–Kier alpha value is -2.07. The Morgan fingerprint density at radius 2 is 1.95 bits per heavy atom. The first-order chi connectivity index (χ1) is 9.95. The number of halogens is 1. The third kappa shape index (κ3) is 4.20. The molecule has 0 bridgehead atoms. The smallest absolute Gasteiger partial charge is 0.247 e. The van der Waals surface area contributed by atoms with Gasteiger partial charge in [-0.05, 0) is 56.2 Å². The molecular formula is C16H18ClN3O. The standard InChI is InChI=1S/C16H18ClN3O/c1-10-4-6-14(8-11(10)2)19-12(3)16(21)20-15-7-5-13(17)9-18-15/h4-9,12,19H,1-3H3,(H,18,20,21). The number of aryl methyl sites for hydroxylation is 2. The van der Waals surface area contributed by atoms with Crippen LogP contribution in [0.3, 0.4) is 0 Å². The maximum absolute atomic E-state index is 12.1. The molecule has 1 amide bonds. The zero-order chi connectivity index (χ0) is 15.4. The summed E-state index contributed by atoms with van der Waals surface area (Å²) in [5, 5.41) is 6.46. The van der Waals surface area contributed by atoms with Crippen LogP contribution in [0.1, 0.15) is 18.1 Å². The first-order valence-corrected chi connectivity index (χ1v) is 7.09. The second-order valence-electron chi connectivity index (χ2n) is 5.02. The molecule has 1 aromatic carbocycles. The van der Waals surface area contributed by atoms with Gasteiger partial charge in [0.05, 0.1) is 5.02 Å². The number of benzene rings is 1. The Morgan fingerprint density at radius 3 is 2.57 bits per heavy atom. The second-order valence-corrected chi connectivity index (χ2v) is 5.45. The van der Waals surface area contributed by atoms with Crippen LogP contribution in [0.4, 0.5) is 11.5 Å². The molecule has 2 aromatic rings. The fraction of sp³-hybridized carbons (Fsp3) is 0.250. The van der Waals surface area contributed by atoms with Gasteiger partial charge in [0.2, 0.25) is 5.91 Å². The largest absolute Gasteiger partial charge is 0.374 e. The summed E-state index contributed by atoms with van der Waals surface area (Å²) in [6.45, 7) is 5.91. The van der Waals surface area contributed by atoms with Crippen molar-refractivity contribution in [2.24, 2.45) is 0 Å². The van der Waals surface area contributed by atoms with Crippen LogP contribution in [-0.2, 0) is 4.79 Å². The van der Waals surface area contributed by atoms with Gasteiger partial charge in [-0.25, -0.2) is 4.98 Å². The summed E-state index contributed by atoms with van der Waals surface area (Å²) in [7, 11) is 0. The number of rotatable bonds is 4. The van der Waals surface area contributed by atoms with E-state index >= 15 is 0 Å². The molecule has 0 radical (unpaired) electrons. The Kier molecular flexibility index (Phi) is 4.81. The number of hydrogen-bond acceptors (Lipinski definition) is 3. The molecule has 0 fully saturated rings. The summed E-state index contributed by atoms with van der Waals surface area (Å²) < 4.78 is 0. The van der Waals surface area contributed by atoms with Crippen molar-refractivity contribution in [3.8, 4) is 0 Å². The molecule has 21 heavy (non-hydrogen) atoms. The van der Waals surface area contributed by atoms with Crippen molar-refractivity contribution in [2.45, 2.75) is 26.8 Å². The number of carbonyl (C=O) groups excluding carboxylic acids is 1. The van der Waals surface area contributed by atoms with Gasteiger partial charge in [0.25, 0.3) is 0 Å². The number of amides is 1. The van der Waals surface area contributed by atoms with E-state index in [1.807, 2.05) is 25.1 Å². The van der Waals surface area contributed by atoms with Gasteiger partial charge in [0.1, 0.15) is 11.9 Å². The molecule has 0 aliphatic heterocycles. The monoisotopic (exact) mass is 303 g/mol. The SMILES string of the molecule is Cc1ccc(NC(C)C(=O)Nc2ccc(Cl)cn2)cc1C. The van der Waals surface area contributed by atoms with Crippen LogP contribution in [0.25, 0.3) is 0 Å². The topological polar surface area (TPSA) is 54.0 Å². The molecule has 110 valence electrons. The van der Waals surface area contributed by atoms with Crippen LogP contribution in [0.15, 0.2) is 36.5 Å². The number of nitrogens with zero attached hydrogens (tertiary/aromatic N) is 1. The lowest BCUT2D eigenvalue weighted by molar-refractivity contribution is -0.116. The van der Waals surface area contributed by atoms with Gasteiger partial charge in [0.15, 0.2) is 0 Å². The molecular weight excluding hydrogens is 286 g/mol. The predicted octanol–water partition coefficient (Wildman–Crippen LogP) is 3.79. The minimum atomic E-state index is -0.371. The highest BCUT2D eigenvalue weighted by Gasteiger charge is 2.13. The van der Waals surface area contributed by atoms with Crippen LogP contribution in [0.2, 0.25) is 5.02 Å². The molecule has 2 N–H and O–H groups in total. The number of aromatic nitrogens is 1. The highest BCUT2D eigenvalue weighted by molar-refractivity contribution is 6.30. The van der Waals surface area contributed by atoms with Gasteiger partial charge >= 0.3 is 0 Å². The van der Waals surface area contributed by atoms with Crippen LogP contribution in [0, 0.1) is 13.8 Å². The molecule has 1 unspecified atom stereocenters. The Bertz CT molecular complexity index is 640. The third-order valence-corrected chi connectivity index (χ3v) is 3.49. The summed E-state index contributed by atoms with van der Waals surface area (Å²) in [5.74, 6) is 0.334. The maximum Gasteiger partial charge on any atom is 0.247 e. The summed E-state index contributed by atoms with van der Waals surface area (Å²) >= 11 is 5.76. The Labute approximate surface area is 129 Å². The van der Waals surface area contributed by atoms with E-state index in [9.17, 15) is 4.79 Å². The lowest BCUT2D eigenvalue weighted by atomic mass is 10.1. The number of hydrogen-bond donors (Lipinski definition) is 2. The lowest BCUT2D eigenvalue weighted by Gasteiger charge is -2.16. The average molecular weight is 304 g/mol. The summed E-state index contributed by atoms with van der Waals surface area (Å²) in [6, 6.07) is 9.01. The van der Waals surface area contributed by atoms with Crippen LogP contribution >= 0.6 is 11.6 Å². The molecule has 4 nitrogen and oxygen atoms in total. The minimum absolute atomic E-state index is 0.150. The molecule has 0 aliphatic rings. The summed E-state index contributed by atoms with van der Waals surface area (Å²) in [4.78, 5) is 16.1. The molecule has 1 atom stereocenters. The summed E-state index contributed by atoms with van der Waals surface area (Å²) in [6.07, 6.45) is 1.50. The van der Waals surface area contributed by atoms with Crippen LogP contribution in [0.5, 0.6) is 0 Å². The quantitative estimate of drug-likeness (QED) is 0.903. The fourth-order valence-electron chi connectivity index (χ4n) is 1.83. The van der Waals surface area contributed by atoms with E-state index in [-0.39, 0.29) is 11.9 Å². The average Bonchev–Trinajstić information content (AvgIpc) is 2.45. The first kappa shape index (κ1) is 15.3. The van der Waals surface area contributed by atoms with Crippen molar-refractivity contribution >= 4 is 29.0 Å². The van der Waals surface area contributed by atoms with Gasteiger partial charge in [0, 0.05) is 11.9 Å². The molecule has 0 spiro atoms.